The highest BCUT2D eigenvalue weighted by molar-refractivity contribution is 5.40. The molecular weight excluding hydrogens is 288 g/mol. The van der Waals surface area contributed by atoms with Gasteiger partial charge in [0, 0.05) is 30.3 Å². The van der Waals surface area contributed by atoms with Gasteiger partial charge in [-0.25, -0.2) is 4.98 Å². The molecular formula is C18H20N4O. The lowest BCUT2D eigenvalue weighted by Crippen LogP contribution is -2.10. The van der Waals surface area contributed by atoms with E-state index in [-0.39, 0.29) is 5.92 Å². The van der Waals surface area contributed by atoms with Gasteiger partial charge >= 0.3 is 0 Å². The molecule has 3 aromatic rings. The van der Waals surface area contributed by atoms with Crippen LogP contribution < -0.4 is 4.74 Å². The van der Waals surface area contributed by atoms with Gasteiger partial charge in [-0.05, 0) is 36.6 Å². The predicted octanol–water partition coefficient (Wildman–Crippen LogP) is 3.20. The van der Waals surface area contributed by atoms with Gasteiger partial charge in [-0.1, -0.05) is 18.2 Å². The van der Waals surface area contributed by atoms with Gasteiger partial charge in [0.05, 0.1) is 19.1 Å². The largest absolute Gasteiger partial charge is 0.480 e. The topological polar surface area (TPSA) is 63.7 Å². The Hall–Kier alpha value is -2.69. The van der Waals surface area contributed by atoms with E-state index in [1.165, 1.54) is 16.7 Å². The molecule has 0 saturated heterocycles. The van der Waals surface area contributed by atoms with Crippen molar-refractivity contribution >= 4 is 0 Å². The quantitative estimate of drug-likeness (QED) is 0.786. The van der Waals surface area contributed by atoms with Crippen molar-refractivity contribution in [1.82, 2.24) is 20.2 Å². The zero-order valence-electron chi connectivity index (χ0n) is 13.6. The first kappa shape index (κ1) is 15.2. The fourth-order valence-corrected chi connectivity index (χ4v) is 2.77. The number of nitrogens with zero attached hydrogens (tertiary/aromatic N) is 3. The van der Waals surface area contributed by atoms with E-state index in [4.69, 9.17) is 4.74 Å². The number of aryl methyl sites for hydroxylation is 1. The van der Waals surface area contributed by atoms with Crippen LogP contribution in [0.1, 0.15) is 34.0 Å². The SMILES string of the molecule is COc1ccc(CC(c2cnc[nH]2)c2cccc(C)c2C)nn1. The first-order valence-corrected chi connectivity index (χ1v) is 7.60. The van der Waals surface area contributed by atoms with Gasteiger partial charge in [0.2, 0.25) is 5.88 Å². The van der Waals surface area contributed by atoms with E-state index in [0.29, 0.717) is 5.88 Å². The fourth-order valence-electron chi connectivity index (χ4n) is 2.77. The minimum atomic E-state index is 0.167. The zero-order chi connectivity index (χ0) is 16.2. The molecule has 0 spiro atoms. The lowest BCUT2D eigenvalue weighted by molar-refractivity contribution is 0.391. The number of H-pyrrole nitrogens is 1. The molecule has 23 heavy (non-hydrogen) atoms. The molecule has 2 heterocycles. The van der Waals surface area contributed by atoms with E-state index >= 15 is 0 Å². The van der Waals surface area contributed by atoms with Gasteiger partial charge in [0.1, 0.15) is 0 Å². The lowest BCUT2D eigenvalue weighted by atomic mass is 9.87. The molecule has 0 bridgehead atoms. The number of imidazole rings is 1. The number of methoxy groups -OCH3 is 1. The number of hydrogen-bond acceptors (Lipinski definition) is 4. The highest BCUT2D eigenvalue weighted by atomic mass is 16.5. The van der Waals surface area contributed by atoms with Crippen molar-refractivity contribution in [3.63, 3.8) is 0 Å². The second kappa shape index (κ2) is 6.60. The first-order chi connectivity index (χ1) is 11.2. The molecule has 1 atom stereocenters. The molecule has 1 aromatic carbocycles. The standard InChI is InChI=1S/C18H20N4O/c1-12-5-4-6-15(13(12)2)16(17-10-19-11-20-17)9-14-7-8-18(23-3)22-21-14/h4-8,10-11,16H,9H2,1-3H3,(H,19,20). The molecule has 0 fully saturated rings. The van der Waals surface area contributed by atoms with Gasteiger partial charge in [-0.15, -0.1) is 5.10 Å². The van der Waals surface area contributed by atoms with Gasteiger partial charge in [0.15, 0.2) is 0 Å². The van der Waals surface area contributed by atoms with Crippen LogP contribution >= 0.6 is 0 Å². The summed E-state index contributed by atoms with van der Waals surface area (Å²) in [5, 5.41) is 8.33. The molecule has 0 amide bonds. The van der Waals surface area contributed by atoms with Crippen molar-refractivity contribution in [2.45, 2.75) is 26.2 Å². The summed E-state index contributed by atoms with van der Waals surface area (Å²) in [4.78, 5) is 7.42. The molecule has 3 rings (SSSR count). The summed E-state index contributed by atoms with van der Waals surface area (Å²) in [6.07, 6.45) is 4.35. The molecule has 5 heteroatoms. The normalized spacial score (nSPS) is 12.1. The van der Waals surface area contributed by atoms with Crippen LogP contribution in [0.5, 0.6) is 5.88 Å². The average Bonchev–Trinajstić information content (AvgIpc) is 3.10. The summed E-state index contributed by atoms with van der Waals surface area (Å²) in [7, 11) is 1.59. The Labute approximate surface area is 135 Å². The Kier molecular flexibility index (Phi) is 4.37. The molecule has 0 aliphatic heterocycles. The van der Waals surface area contributed by atoms with Crippen LogP contribution in [0.25, 0.3) is 0 Å². The minimum absolute atomic E-state index is 0.167. The molecule has 1 unspecified atom stereocenters. The Morgan fingerprint density at radius 2 is 2.00 bits per heavy atom. The summed E-state index contributed by atoms with van der Waals surface area (Å²) < 4.78 is 5.08. The third-order valence-corrected chi connectivity index (χ3v) is 4.23. The maximum Gasteiger partial charge on any atom is 0.233 e. The minimum Gasteiger partial charge on any atom is -0.480 e. The number of nitrogens with one attached hydrogen (secondary N) is 1. The van der Waals surface area contributed by atoms with Crippen molar-refractivity contribution in [3.05, 3.63) is 70.9 Å². The summed E-state index contributed by atoms with van der Waals surface area (Å²) in [5.41, 5.74) is 5.87. The summed E-state index contributed by atoms with van der Waals surface area (Å²) in [5.74, 6) is 0.693. The van der Waals surface area contributed by atoms with Gasteiger partial charge in [-0.3, -0.25) is 0 Å². The summed E-state index contributed by atoms with van der Waals surface area (Å²) in [6.45, 7) is 4.30. The number of aromatic nitrogens is 4. The molecule has 1 N–H and O–H groups in total. The van der Waals surface area contributed by atoms with Crippen LogP contribution in [0.2, 0.25) is 0 Å². The predicted molar refractivity (Wildman–Crippen MR) is 88.6 cm³/mol. The molecule has 0 aliphatic carbocycles. The van der Waals surface area contributed by atoms with Crippen molar-refractivity contribution in [3.8, 4) is 5.88 Å². The Morgan fingerprint density at radius 3 is 2.65 bits per heavy atom. The number of hydrogen-bond donors (Lipinski definition) is 1. The van der Waals surface area contributed by atoms with Crippen molar-refractivity contribution in [2.75, 3.05) is 7.11 Å². The fraction of sp³-hybridized carbons (Fsp3) is 0.278. The van der Waals surface area contributed by atoms with Gasteiger partial charge < -0.3 is 9.72 Å². The van der Waals surface area contributed by atoms with Crippen molar-refractivity contribution in [1.29, 1.82) is 0 Å². The summed E-state index contributed by atoms with van der Waals surface area (Å²) >= 11 is 0. The van der Waals surface area contributed by atoms with Crippen LogP contribution in [0.4, 0.5) is 0 Å². The molecule has 2 aromatic heterocycles. The van der Waals surface area contributed by atoms with Crippen LogP contribution in [0.3, 0.4) is 0 Å². The molecule has 118 valence electrons. The van der Waals surface area contributed by atoms with E-state index < -0.39 is 0 Å². The lowest BCUT2D eigenvalue weighted by Gasteiger charge is -2.19. The molecule has 5 nitrogen and oxygen atoms in total. The van der Waals surface area contributed by atoms with Gasteiger partial charge in [-0.2, -0.15) is 5.10 Å². The van der Waals surface area contributed by atoms with Gasteiger partial charge in [0.25, 0.3) is 0 Å². The Balaban J connectivity index is 1.97. The maximum absolute atomic E-state index is 5.08. The second-order valence-corrected chi connectivity index (χ2v) is 5.62. The van der Waals surface area contributed by atoms with E-state index in [1.807, 2.05) is 18.3 Å². The number of benzene rings is 1. The van der Waals surface area contributed by atoms with Crippen LogP contribution in [0, 0.1) is 13.8 Å². The van der Waals surface area contributed by atoms with Crippen LogP contribution in [-0.4, -0.2) is 27.3 Å². The monoisotopic (exact) mass is 308 g/mol. The second-order valence-electron chi connectivity index (χ2n) is 5.62. The van der Waals surface area contributed by atoms with E-state index in [0.717, 1.165) is 17.8 Å². The first-order valence-electron chi connectivity index (χ1n) is 7.60. The van der Waals surface area contributed by atoms with Crippen molar-refractivity contribution in [2.24, 2.45) is 0 Å². The van der Waals surface area contributed by atoms with E-state index in [9.17, 15) is 0 Å². The van der Waals surface area contributed by atoms with Crippen molar-refractivity contribution < 1.29 is 4.74 Å². The average molecular weight is 308 g/mol. The Bertz CT molecular complexity index is 766. The summed E-state index contributed by atoms with van der Waals surface area (Å²) in [6, 6.07) is 10.2. The Morgan fingerprint density at radius 1 is 1.13 bits per heavy atom. The van der Waals surface area contributed by atoms with E-state index in [1.54, 1.807) is 13.4 Å². The zero-order valence-corrected chi connectivity index (χ0v) is 13.6. The third-order valence-electron chi connectivity index (χ3n) is 4.23. The van der Waals surface area contributed by atoms with Crippen LogP contribution in [-0.2, 0) is 6.42 Å². The molecule has 0 aliphatic rings. The van der Waals surface area contributed by atoms with E-state index in [2.05, 4.69) is 52.2 Å². The number of aromatic amines is 1. The third kappa shape index (κ3) is 3.23. The highest BCUT2D eigenvalue weighted by Crippen LogP contribution is 2.30. The number of rotatable bonds is 5. The van der Waals surface area contributed by atoms with Crippen LogP contribution in [0.15, 0.2) is 42.9 Å². The molecule has 0 saturated carbocycles. The highest BCUT2D eigenvalue weighted by Gasteiger charge is 2.19. The molecule has 0 radical (unpaired) electrons. The smallest absolute Gasteiger partial charge is 0.233 e. The number of ether oxygens (including phenoxy) is 1. The maximum atomic E-state index is 5.08.